The molecule has 1 aliphatic rings. The lowest BCUT2D eigenvalue weighted by molar-refractivity contribution is 0.626. The van der Waals surface area contributed by atoms with E-state index in [1.54, 1.807) is 5.56 Å². The summed E-state index contributed by atoms with van der Waals surface area (Å²) >= 11 is 0. The predicted molar refractivity (Wildman–Crippen MR) is 71.5 cm³/mol. The second-order valence-corrected chi connectivity index (χ2v) is 3.37. The van der Waals surface area contributed by atoms with Crippen molar-refractivity contribution in [2.24, 2.45) is 0 Å². The van der Waals surface area contributed by atoms with Crippen LogP contribution in [0.15, 0.2) is 24.3 Å². The maximum Gasteiger partial charge on any atom is 0 e. The number of aryl methyl sites for hydroxylation is 1. The lowest BCUT2D eigenvalue weighted by atomic mass is 9.99. The summed E-state index contributed by atoms with van der Waals surface area (Å²) in [5.41, 5.74) is 3.09. The zero-order valence-corrected chi connectivity index (χ0v) is 9.34. The first-order valence-electron chi connectivity index (χ1n) is 5.74. The molecular weight excluding hydrogens is 182 g/mol. The molecule has 0 fully saturated rings. The smallest absolute Gasteiger partial charge is 0 e. The molecule has 1 heterocycles. The van der Waals surface area contributed by atoms with Gasteiger partial charge in [0.25, 0.3) is 0 Å². The zero-order chi connectivity index (χ0) is 10.2. The third-order valence-electron chi connectivity index (χ3n) is 2.49. The minimum absolute atomic E-state index is 0. The van der Waals surface area contributed by atoms with Gasteiger partial charge in [0.1, 0.15) is 0 Å². The van der Waals surface area contributed by atoms with Crippen LogP contribution in [0.2, 0.25) is 0 Å². The number of hydrogen-bond acceptors (Lipinski definition) is 1. The first-order valence-corrected chi connectivity index (χ1v) is 5.74. The third-order valence-corrected chi connectivity index (χ3v) is 2.49. The molecule has 2 rings (SSSR count). The Morgan fingerprint density at radius 2 is 1.60 bits per heavy atom. The summed E-state index contributed by atoms with van der Waals surface area (Å²) in [6.45, 7) is 6.31. The largest absolute Gasteiger partial charge is 0.316 e. The summed E-state index contributed by atoms with van der Waals surface area (Å²) in [6.07, 6.45) is 3.70. The molecular formula is C14H27N. The maximum atomic E-state index is 3.43. The highest BCUT2D eigenvalue weighted by molar-refractivity contribution is 5.27. The van der Waals surface area contributed by atoms with Gasteiger partial charge in [-0.25, -0.2) is 0 Å². The topological polar surface area (TPSA) is 12.0 Å². The fourth-order valence-corrected chi connectivity index (χ4v) is 1.80. The molecule has 0 spiro atoms. The van der Waals surface area contributed by atoms with Gasteiger partial charge in [0.2, 0.25) is 0 Å². The van der Waals surface area contributed by atoms with Gasteiger partial charge in [0.15, 0.2) is 0 Å². The molecule has 0 atom stereocenters. The molecule has 0 saturated heterocycles. The van der Waals surface area contributed by atoms with Gasteiger partial charge in [-0.05, 0) is 43.5 Å². The van der Waals surface area contributed by atoms with Crippen LogP contribution < -0.4 is 5.32 Å². The average molecular weight is 209 g/mol. The number of benzene rings is 1. The Hall–Kier alpha value is -0.820. The summed E-state index contributed by atoms with van der Waals surface area (Å²) in [6, 6.07) is 8.80. The normalized spacial score (nSPS) is 14.5. The Kier molecular flexibility index (Phi) is 8.02. The van der Waals surface area contributed by atoms with Gasteiger partial charge in [-0.2, -0.15) is 0 Å². The average Bonchev–Trinajstić information content (AvgIpc) is 2.22. The standard InChI is InChI=1S/C11H15N.C2H6.CH4.H2/c1-2-5-11-7-9-12-8-3-6-10(11)4-1;1-2;;/h1-2,4-5,12H,3,6-9H2;1-2H3;1H4;1H. The van der Waals surface area contributed by atoms with E-state index in [-0.39, 0.29) is 8.85 Å². The molecule has 0 bridgehead atoms. The predicted octanol–water partition coefficient (Wildman–Crippen LogP) is 3.67. The van der Waals surface area contributed by atoms with E-state index in [0.717, 1.165) is 6.54 Å². The third kappa shape index (κ3) is 4.48. The van der Waals surface area contributed by atoms with Crippen LogP contribution in [0.25, 0.3) is 0 Å². The van der Waals surface area contributed by atoms with E-state index in [1.165, 1.54) is 31.4 Å². The van der Waals surface area contributed by atoms with Gasteiger partial charge in [-0.1, -0.05) is 45.5 Å². The van der Waals surface area contributed by atoms with Gasteiger partial charge in [0, 0.05) is 1.43 Å². The summed E-state index contributed by atoms with van der Waals surface area (Å²) < 4.78 is 0. The second kappa shape index (κ2) is 8.49. The van der Waals surface area contributed by atoms with Crippen LogP contribution in [0.3, 0.4) is 0 Å². The highest BCUT2D eigenvalue weighted by Crippen LogP contribution is 2.12. The van der Waals surface area contributed by atoms with Crippen LogP contribution >= 0.6 is 0 Å². The monoisotopic (exact) mass is 209 g/mol. The highest BCUT2D eigenvalue weighted by atomic mass is 14.8. The summed E-state index contributed by atoms with van der Waals surface area (Å²) in [4.78, 5) is 0. The first-order chi connectivity index (χ1) is 6.97. The molecule has 0 aromatic heterocycles. The van der Waals surface area contributed by atoms with E-state index in [4.69, 9.17) is 0 Å². The molecule has 1 nitrogen and oxygen atoms in total. The Morgan fingerprint density at radius 1 is 1.00 bits per heavy atom. The van der Waals surface area contributed by atoms with E-state index in [9.17, 15) is 0 Å². The van der Waals surface area contributed by atoms with Crippen molar-refractivity contribution < 1.29 is 1.43 Å². The molecule has 1 aliphatic heterocycles. The fraction of sp³-hybridized carbons (Fsp3) is 0.571. The highest BCUT2D eigenvalue weighted by Gasteiger charge is 2.03. The van der Waals surface area contributed by atoms with Crippen LogP contribution in [-0.2, 0) is 12.8 Å². The van der Waals surface area contributed by atoms with Crippen molar-refractivity contribution >= 4 is 0 Å². The van der Waals surface area contributed by atoms with Crippen molar-refractivity contribution in [3.05, 3.63) is 35.4 Å². The molecule has 0 radical (unpaired) electrons. The molecule has 0 unspecified atom stereocenters. The minimum Gasteiger partial charge on any atom is -0.316 e. The van der Waals surface area contributed by atoms with Crippen LogP contribution in [0, 0.1) is 0 Å². The van der Waals surface area contributed by atoms with Gasteiger partial charge in [0.05, 0.1) is 0 Å². The van der Waals surface area contributed by atoms with E-state index < -0.39 is 0 Å². The van der Waals surface area contributed by atoms with Gasteiger partial charge >= 0.3 is 0 Å². The quantitative estimate of drug-likeness (QED) is 0.687. The molecule has 88 valence electrons. The Bertz CT molecular complexity index is 234. The van der Waals surface area contributed by atoms with E-state index in [0.29, 0.717) is 0 Å². The van der Waals surface area contributed by atoms with E-state index in [1.807, 2.05) is 13.8 Å². The van der Waals surface area contributed by atoms with Gasteiger partial charge in [-0.3, -0.25) is 0 Å². The van der Waals surface area contributed by atoms with Crippen molar-refractivity contribution in [1.82, 2.24) is 5.32 Å². The second-order valence-electron chi connectivity index (χ2n) is 3.37. The van der Waals surface area contributed by atoms with E-state index >= 15 is 0 Å². The van der Waals surface area contributed by atoms with Crippen LogP contribution in [0.5, 0.6) is 0 Å². The summed E-state index contributed by atoms with van der Waals surface area (Å²) in [5, 5.41) is 3.43. The zero-order valence-electron chi connectivity index (χ0n) is 9.34. The Labute approximate surface area is 96.4 Å². The molecule has 0 amide bonds. The van der Waals surface area contributed by atoms with Crippen molar-refractivity contribution in [2.45, 2.75) is 40.5 Å². The van der Waals surface area contributed by atoms with Crippen molar-refractivity contribution in [3.63, 3.8) is 0 Å². The molecule has 0 aliphatic carbocycles. The minimum atomic E-state index is 0. The summed E-state index contributed by atoms with van der Waals surface area (Å²) in [5.74, 6) is 0. The molecule has 1 aromatic rings. The lowest BCUT2D eigenvalue weighted by Crippen LogP contribution is -2.21. The lowest BCUT2D eigenvalue weighted by Gasteiger charge is -2.13. The van der Waals surface area contributed by atoms with Crippen molar-refractivity contribution in [1.29, 1.82) is 0 Å². The Balaban J connectivity index is 0. The SMILES string of the molecule is C.CC.[HH].c1ccc2c(c1)CCCNCC2. The van der Waals surface area contributed by atoms with Gasteiger partial charge in [-0.15, -0.1) is 0 Å². The van der Waals surface area contributed by atoms with Crippen molar-refractivity contribution in [2.75, 3.05) is 13.1 Å². The molecule has 0 saturated carbocycles. The Morgan fingerprint density at radius 3 is 2.27 bits per heavy atom. The van der Waals surface area contributed by atoms with E-state index in [2.05, 4.69) is 29.6 Å². The van der Waals surface area contributed by atoms with Crippen LogP contribution in [0.4, 0.5) is 0 Å². The maximum absolute atomic E-state index is 3.43. The van der Waals surface area contributed by atoms with Crippen molar-refractivity contribution in [3.8, 4) is 0 Å². The summed E-state index contributed by atoms with van der Waals surface area (Å²) in [7, 11) is 0. The first kappa shape index (κ1) is 14.2. The fourth-order valence-electron chi connectivity index (χ4n) is 1.80. The number of nitrogens with one attached hydrogen (secondary N) is 1. The van der Waals surface area contributed by atoms with Gasteiger partial charge < -0.3 is 5.32 Å². The number of fused-ring (bicyclic) bond motifs is 1. The molecule has 1 heteroatoms. The van der Waals surface area contributed by atoms with Crippen LogP contribution in [-0.4, -0.2) is 13.1 Å². The number of hydrogen-bond donors (Lipinski definition) is 1. The molecule has 1 aromatic carbocycles. The molecule has 15 heavy (non-hydrogen) atoms. The number of rotatable bonds is 0. The van der Waals surface area contributed by atoms with Crippen LogP contribution in [0.1, 0.15) is 40.2 Å². The molecule has 1 N–H and O–H groups in total.